The number of nitrogens with one attached hydrogen (secondary N) is 1. The molecule has 4 rings (SSSR count). The van der Waals surface area contributed by atoms with E-state index in [0.29, 0.717) is 18.9 Å². The normalized spacial score (nSPS) is 11.9. The summed E-state index contributed by atoms with van der Waals surface area (Å²) in [6.07, 6.45) is 0.254. The lowest BCUT2D eigenvalue weighted by Crippen LogP contribution is -2.53. The zero-order valence-corrected chi connectivity index (χ0v) is 27.7. The standard InChI is InChI=1S/C37H43N3O5S/c1-5-45-35-19-13-12-18-33(35)40(46(43,44)32-22-20-29(4)21-23-32)27-36(41)39(26-31-16-10-7-11-17-31)34(37(42)38-25-28(2)3)24-30-14-8-6-9-15-30/h6-23,28,34H,5,24-27H2,1-4H3,(H,38,42). The number of para-hydroxylation sites is 2. The molecule has 1 atom stereocenters. The number of sulfonamides is 1. The van der Waals surface area contributed by atoms with Crippen LogP contribution in [0.2, 0.25) is 0 Å². The van der Waals surface area contributed by atoms with Gasteiger partial charge in [-0.3, -0.25) is 13.9 Å². The Balaban J connectivity index is 1.82. The van der Waals surface area contributed by atoms with Crippen molar-refractivity contribution in [2.45, 2.75) is 51.6 Å². The molecule has 8 nitrogen and oxygen atoms in total. The van der Waals surface area contributed by atoms with Gasteiger partial charge in [-0.05, 0) is 55.2 Å². The van der Waals surface area contributed by atoms with Crippen LogP contribution in [0.15, 0.2) is 114 Å². The van der Waals surface area contributed by atoms with E-state index in [-0.39, 0.29) is 35.4 Å². The third kappa shape index (κ3) is 8.97. The van der Waals surface area contributed by atoms with Crippen molar-refractivity contribution in [2.24, 2.45) is 5.92 Å². The van der Waals surface area contributed by atoms with Gasteiger partial charge >= 0.3 is 0 Å². The van der Waals surface area contributed by atoms with Gasteiger partial charge in [0.1, 0.15) is 18.3 Å². The molecule has 0 radical (unpaired) electrons. The molecule has 0 aliphatic carbocycles. The van der Waals surface area contributed by atoms with Gasteiger partial charge in [-0.1, -0.05) is 104 Å². The summed E-state index contributed by atoms with van der Waals surface area (Å²) in [6, 6.07) is 31.3. The Labute approximate surface area is 273 Å². The number of benzene rings is 4. The minimum absolute atomic E-state index is 0.0438. The number of aryl methyl sites for hydroxylation is 1. The largest absolute Gasteiger partial charge is 0.492 e. The van der Waals surface area contributed by atoms with E-state index in [0.717, 1.165) is 21.0 Å². The van der Waals surface area contributed by atoms with Crippen molar-refractivity contribution in [3.8, 4) is 5.75 Å². The van der Waals surface area contributed by atoms with Crippen LogP contribution in [0.3, 0.4) is 0 Å². The second-order valence-corrected chi connectivity index (χ2v) is 13.4. The Kier molecular flexibility index (Phi) is 12.0. The number of hydrogen-bond donors (Lipinski definition) is 1. The highest BCUT2D eigenvalue weighted by Crippen LogP contribution is 2.33. The van der Waals surface area contributed by atoms with E-state index in [1.54, 1.807) is 36.4 Å². The fraction of sp³-hybridized carbons (Fsp3) is 0.297. The molecule has 2 amide bonds. The fourth-order valence-electron chi connectivity index (χ4n) is 5.05. The lowest BCUT2D eigenvalue weighted by Gasteiger charge is -2.34. The highest BCUT2D eigenvalue weighted by molar-refractivity contribution is 7.92. The van der Waals surface area contributed by atoms with Gasteiger partial charge in [0.15, 0.2) is 0 Å². The molecule has 0 bridgehead atoms. The molecule has 0 aliphatic rings. The average Bonchev–Trinajstić information content (AvgIpc) is 3.05. The van der Waals surface area contributed by atoms with Crippen molar-refractivity contribution < 1.29 is 22.7 Å². The van der Waals surface area contributed by atoms with Crippen LogP contribution in [-0.2, 0) is 32.6 Å². The van der Waals surface area contributed by atoms with Crippen LogP contribution >= 0.6 is 0 Å². The van der Waals surface area contributed by atoms with Crippen molar-refractivity contribution in [2.75, 3.05) is 24.0 Å². The second-order valence-electron chi connectivity index (χ2n) is 11.6. The summed E-state index contributed by atoms with van der Waals surface area (Å²) in [4.78, 5) is 30.0. The van der Waals surface area contributed by atoms with Crippen LogP contribution in [0.25, 0.3) is 0 Å². The van der Waals surface area contributed by atoms with Gasteiger partial charge in [-0.15, -0.1) is 0 Å². The van der Waals surface area contributed by atoms with Crippen molar-refractivity contribution >= 4 is 27.5 Å². The van der Waals surface area contributed by atoms with E-state index in [1.165, 1.54) is 17.0 Å². The van der Waals surface area contributed by atoms with Crippen molar-refractivity contribution in [3.05, 3.63) is 126 Å². The quantitative estimate of drug-likeness (QED) is 0.172. The third-order valence-corrected chi connectivity index (χ3v) is 9.25. The molecule has 0 fully saturated rings. The zero-order chi connectivity index (χ0) is 33.1. The van der Waals surface area contributed by atoms with E-state index in [1.807, 2.05) is 88.4 Å². The number of nitrogens with zero attached hydrogens (tertiary/aromatic N) is 2. The number of hydrogen-bond acceptors (Lipinski definition) is 5. The predicted octanol–water partition coefficient (Wildman–Crippen LogP) is 6.00. The van der Waals surface area contributed by atoms with Crippen molar-refractivity contribution in [3.63, 3.8) is 0 Å². The number of rotatable bonds is 15. The summed E-state index contributed by atoms with van der Waals surface area (Å²) in [5.74, 6) is -0.292. The van der Waals surface area contributed by atoms with Crippen LogP contribution in [0.4, 0.5) is 5.69 Å². The molecule has 0 heterocycles. The maximum atomic E-state index is 14.6. The molecule has 46 heavy (non-hydrogen) atoms. The van der Waals surface area contributed by atoms with E-state index in [2.05, 4.69) is 5.32 Å². The van der Waals surface area contributed by atoms with Crippen LogP contribution in [0.1, 0.15) is 37.5 Å². The highest BCUT2D eigenvalue weighted by atomic mass is 32.2. The van der Waals surface area contributed by atoms with Gasteiger partial charge in [0, 0.05) is 19.5 Å². The van der Waals surface area contributed by atoms with Crippen LogP contribution in [0, 0.1) is 12.8 Å². The summed E-state index contributed by atoms with van der Waals surface area (Å²) >= 11 is 0. The number of carbonyl (C=O) groups excluding carboxylic acids is 2. The predicted molar refractivity (Wildman–Crippen MR) is 182 cm³/mol. The zero-order valence-electron chi connectivity index (χ0n) is 26.9. The van der Waals surface area contributed by atoms with Crippen LogP contribution in [0.5, 0.6) is 5.75 Å². The summed E-state index contributed by atoms with van der Waals surface area (Å²) in [6.45, 7) is 8.00. The first-order chi connectivity index (χ1) is 22.1. The summed E-state index contributed by atoms with van der Waals surface area (Å²) in [5.41, 5.74) is 2.83. The number of carbonyl (C=O) groups is 2. The molecular weight excluding hydrogens is 598 g/mol. The number of ether oxygens (including phenoxy) is 1. The van der Waals surface area contributed by atoms with Gasteiger partial charge in [0.05, 0.1) is 17.2 Å². The summed E-state index contributed by atoms with van der Waals surface area (Å²) in [7, 11) is -4.23. The molecule has 0 saturated heterocycles. The van der Waals surface area contributed by atoms with Crippen molar-refractivity contribution in [1.29, 1.82) is 0 Å². The number of anilines is 1. The first-order valence-electron chi connectivity index (χ1n) is 15.6. The molecule has 242 valence electrons. The lowest BCUT2D eigenvalue weighted by molar-refractivity contribution is -0.140. The monoisotopic (exact) mass is 641 g/mol. The summed E-state index contributed by atoms with van der Waals surface area (Å²) < 4.78 is 35.5. The topological polar surface area (TPSA) is 96.0 Å². The van der Waals surface area contributed by atoms with E-state index in [9.17, 15) is 18.0 Å². The third-order valence-electron chi connectivity index (χ3n) is 7.47. The lowest BCUT2D eigenvalue weighted by atomic mass is 10.0. The van der Waals surface area contributed by atoms with Crippen molar-refractivity contribution in [1.82, 2.24) is 10.2 Å². The molecule has 0 aromatic heterocycles. The Bertz CT molecular complexity index is 1680. The molecule has 4 aromatic rings. The Morgan fingerprint density at radius 3 is 2.00 bits per heavy atom. The smallest absolute Gasteiger partial charge is 0.264 e. The maximum absolute atomic E-state index is 14.6. The number of amides is 2. The van der Waals surface area contributed by atoms with E-state index >= 15 is 0 Å². The Morgan fingerprint density at radius 1 is 0.804 bits per heavy atom. The fourth-order valence-corrected chi connectivity index (χ4v) is 6.47. The maximum Gasteiger partial charge on any atom is 0.264 e. The van der Waals surface area contributed by atoms with Gasteiger partial charge in [-0.2, -0.15) is 0 Å². The Morgan fingerprint density at radius 2 is 1.39 bits per heavy atom. The minimum Gasteiger partial charge on any atom is -0.492 e. The van der Waals surface area contributed by atoms with Crippen LogP contribution in [-0.4, -0.2) is 50.9 Å². The molecule has 1 N–H and O–H groups in total. The van der Waals surface area contributed by atoms with Gasteiger partial charge in [-0.25, -0.2) is 8.42 Å². The van der Waals surface area contributed by atoms with E-state index < -0.39 is 28.5 Å². The van der Waals surface area contributed by atoms with E-state index in [4.69, 9.17) is 4.74 Å². The highest BCUT2D eigenvalue weighted by Gasteiger charge is 2.35. The second kappa shape index (κ2) is 16.1. The van der Waals surface area contributed by atoms with Gasteiger partial charge in [0.2, 0.25) is 11.8 Å². The first-order valence-corrected chi connectivity index (χ1v) is 17.0. The molecule has 0 spiro atoms. The molecule has 9 heteroatoms. The molecule has 0 saturated carbocycles. The molecule has 0 aliphatic heterocycles. The van der Waals surface area contributed by atoms with Gasteiger partial charge in [0.25, 0.3) is 10.0 Å². The minimum atomic E-state index is -4.23. The summed E-state index contributed by atoms with van der Waals surface area (Å²) in [5, 5.41) is 3.01. The SMILES string of the molecule is CCOc1ccccc1N(CC(=O)N(Cc1ccccc1)C(Cc1ccccc1)C(=O)NCC(C)C)S(=O)(=O)c1ccc(C)cc1. The Hall–Kier alpha value is -4.63. The molecule has 1 unspecified atom stereocenters. The first kappa shape index (κ1) is 34.2. The molecular formula is C37H43N3O5S. The molecule has 4 aromatic carbocycles. The van der Waals surface area contributed by atoms with Crippen LogP contribution < -0.4 is 14.4 Å². The average molecular weight is 642 g/mol. The van der Waals surface area contributed by atoms with Gasteiger partial charge < -0.3 is 15.0 Å².